The predicted octanol–water partition coefficient (Wildman–Crippen LogP) is 6.29. The van der Waals surface area contributed by atoms with E-state index >= 15 is 0 Å². The van der Waals surface area contributed by atoms with E-state index in [0.717, 1.165) is 11.5 Å². The molecule has 0 spiro atoms. The molecule has 2 aromatic carbocycles. The van der Waals surface area contributed by atoms with Crippen LogP contribution in [-0.2, 0) is 4.74 Å². The molecule has 0 amide bonds. The second-order valence-corrected chi connectivity index (χ2v) is 8.38. The maximum Gasteiger partial charge on any atom is 0.197 e. The lowest BCUT2D eigenvalue weighted by molar-refractivity contribution is -0.0739. The first-order chi connectivity index (χ1) is 12.8. The van der Waals surface area contributed by atoms with Gasteiger partial charge in [-0.05, 0) is 54.0 Å². The summed E-state index contributed by atoms with van der Waals surface area (Å²) in [6, 6.07) is 18.2. The average Bonchev–Trinajstić information content (AvgIpc) is 2.58. The van der Waals surface area contributed by atoms with Crippen molar-refractivity contribution in [2.24, 2.45) is 11.3 Å². The molecule has 27 heavy (non-hydrogen) atoms. The van der Waals surface area contributed by atoms with Crippen molar-refractivity contribution in [3.63, 3.8) is 0 Å². The van der Waals surface area contributed by atoms with Gasteiger partial charge in [-0.1, -0.05) is 65.0 Å². The van der Waals surface area contributed by atoms with Crippen molar-refractivity contribution in [3.8, 4) is 11.5 Å². The highest BCUT2D eigenvalue weighted by molar-refractivity contribution is 5.32. The highest BCUT2D eigenvalue weighted by Gasteiger charge is 2.29. The maximum atomic E-state index is 5.97. The summed E-state index contributed by atoms with van der Waals surface area (Å²) in [5, 5.41) is 0. The molecule has 3 heteroatoms. The normalized spacial score (nSPS) is 14.0. The van der Waals surface area contributed by atoms with Gasteiger partial charge < -0.3 is 14.2 Å². The first-order valence-electron chi connectivity index (χ1n) is 9.83. The molecular weight excluding hydrogens is 336 g/mol. The zero-order valence-corrected chi connectivity index (χ0v) is 17.6. The number of hydrogen-bond donors (Lipinski definition) is 0. The van der Waals surface area contributed by atoms with E-state index in [9.17, 15) is 0 Å². The van der Waals surface area contributed by atoms with Crippen molar-refractivity contribution in [2.45, 2.75) is 53.8 Å². The van der Waals surface area contributed by atoms with Gasteiger partial charge in [-0.3, -0.25) is 0 Å². The summed E-state index contributed by atoms with van der Waals surface area (Å²) in [4.78, 5) is 0. The Morgan fingerprint density at radius 3 is 2.11 bits per heavy atom. The van der Waals surface area contributed by atoms with Crippen LogP contribution in [0.1, 0.15) is 53.0 Å². The second kappa shape index (κ2) is 9.80. The topological polar surface area (TPSA) is 27.7 Å². The van der Waals surface area contributed by atoms with Crippen LogP contribution in [0.25, 0.3) is 0 Å². The molecule has 2 atom stereocenters. The Balaban J connectivity index is 1.87. The Kier molecular flexibility index (Phi) is 7.73. The fraction of sp³-hybridized carbons (Fsp3) is 0.500. The van der Waals surface area contributed by atoms with Gasteiger partial charge in [-0.25, -0.2) is 0 Å². The molecular formula is C24H34O3. The lowest BCUT2D eigenvalue weighted by Gasteiger charge is -2.34. The molecule has 2 rings (SSSR count). The molecule has 0 aliphatic heterocycles. The van der Waals surface area contributed by atoms with E-state index in [4.69, 9.17) is 14.2 Å². The van der Waals surface area contributed by atoms with Gasteiger partial charge in [0.15, 0.2) is 6.29 Å². The number of ether oxygens (including phenoxy) is 3. The molecule has 0 radical (unpaired) electrons. The van der Waals surface area contributed by atoms with Crippen LogP contribution in [0.3, 0.4) is 0 Å². The zero-order valence-electron chi connectivity index (χ0n) is 17.6. The average molecular weight is 371 g/mol. The molecule has 0 saturated heterocycles. The molecule has 0 N–H and O–H groups in total. The van der Waals surface area contributed by atoms with Gasteiger partial charge in [-0.2, -0.15) is 0 Å². The van der Waals surface area contributed by atoms with E-state index in [-0.39, 0.29) is 11.7 Å². The minimum atomic E-state index is -0.327. The Labute approximate surface area is 164 Å². The number of benzene rings is 2. The Morgan fingerprint density at radius 2 is 1.48 bits per heavy atom. The summed E-state index contributed by atoms with van der Waals surface area (Å²) < 4.78 is 17.3. The van der Waals surface area contributed by atoms with Crippen LogP contribution in [0.2, 0.25) is 0 Å². The molecule has 0 bridgehead atoms. The smallest absolute Gasteiger partial charge is 0.197 e. The van der Waals surface area contributed by atoms with Gasteiger partial charge in [-0.15, -0.1) is 0 Å². The molecule has 0 aromatic heterocycles. The molecule has 0 saturated carbocycles. The van der Waals surface area contributed by atoms with Gasteiger partial charge >= 0.3 is 0 Å². The van der Waals surface area contributed by atoms with Gasteiger partial charge in [0.1, 0.15) is 18.1 Å². The lowest BCUT2D eigenvalue weighted by Crippen LogP contribution is -2.23. The minimum absolute atomic E-state index is 0.198. The zero-order chi connectivity index (χ0) is 19.9. The molecule has 0 aliphatic rings. The summed E-state index contributed by atoms with van der Waals surface area (Å²) in [7, 11) is 0. The van der Waals surface area contributed by atoms with Gasteiger partial charge in [0.05, 0.1) is 6.61 Å². The summed E-state index contributed by atoms with van der Waals surface area (Å²) in [5.41, 5.74) is 1.51. The second-order valence-electron chi connectivity index (χ2n) is 8.38. The molecule has 0 heterocycles. The van der Waals surface area contributed by atoms with Crippen molar-refractivity contribution in [1.82, 2.24) is 0 Å². The van der Waals surface area contributed by atoms with Crippen LogP contribution in [-0.4, -0.2) is 19.5 Å². The molecule has 148 valence electrons. The third kappa shape index (κ3) is 6.91. The Bertz CT molecular complexity index is 674. The third-order valence-electron chi connectivity index (χ3n) is 4.57. The standard InChI is InChI=1S/C24H34O3/c1-18(2)23(24(4,5)6)20-11-10-14-22(17-20)27-19(3)25-15-16-26-21-12-8-7-9-13-21/h7-14,17-19,23H,15-16H2,1-6H3. The third-order valence-corrected chi connectivity index (χ3v) is 4.57. The molecule has 3 nitrogen and oxygen atoms in total. The van der Waals surface area contributed by atoms with Gasteiger partial charge in [0, 0.05) is 0 Å². The van der Waals surface area contributed by atoms with Crippen molar-refractivity contribution in [2.75, 3.05) is 13.2 Å². The Morgan fingerprint density at radius 1 is 0.815 bits per heavy atom. The van der Waals surface area contributed by atoms with Crippen LogP contribution in [0.15, 0.2) is 54.6 Å². The van der Waals surface area contributed by atoms with E-state index in [1.165, 1.54) is 5.56 Å². The van der Waals surface area contributed by atoms with Crippen molar-refractivity contribution >= 4 is 0 Å². The first-order valence-corrected chi connectivity index (χ1v) is 9.83. The van der Waals surface area contributed by atoms with Crippen LogP contribution in [0, 0.1) is 11.3 Å². The number of rotatable bonds is 9. The van der Waals surface area contributed by atoms with E-state index < -0.39 is 0 Å². The monoisotopic (exact) mass is 370 g/mol. The molecule has 0 aliphatic carbocycles. The van der Waals surface area contributed by atoms with Crippen LogP contribution in [0.4, 0.5) is 0 Å². The SMILES string of the molecule is CC(OCCOc1ccccc1)Oc1cccc(C(C(C)C)C(C)(C)C)c1. The summed E-state index contributed by atoms with van der Waals surface area (Å²) >= 11 is 0. The van der Waals surface area contributed by atoms with Crippen molar-refractivity contribution < 1.29 is 14.2 Å². The Hall–Kier alpha value is -2.00. The van der Waals surface area contributed by atoms with Crippen LogP contribution < -0.4 is 9.47 Å². The highest BCUT2D eigenvalue weighted by atomic mass is 16.7. The van der Waals surface area contributed by atoms with E-state index in [1.54, 1.807) is 0 Å². The molecule has 0 fully saturated rings. The fourth-order valence-corrected chi connectivity index (χ4v) is 3.78. The van der Waals surface area contributed by atoms with E-state index in [0.29, 0.717) is 25.0 Å². The maximum absolute atomic E-state index is 5.97. The largest absolute Gasteiger partial charge is 0.491 e. The van der Waals surface area contributed by atoms with E-state index in [2.05, 4.69) is 52.8 Å². The van der Waals surface area contributed by atoms with Crippen LogP contribution in [0.5, 0.6) is 11.5 Å². The molecule has 2 unspecified atom stereocenters. The predicted molar refractivity (Wildman–Crippen MR) is 111 cm³/mol. The molecule has 2 aromatic rings. The fourth-order valence-electron chi connectivity index (χ4n) is 3.78. The minimum Gasteiger partial charge on any atom is -0.491 e. The van der Waals surface area contributed by atoms with Crippen molar-refractivity contribution in [1.29, 1.82) is 0 Å². The first kappa shape index (κ1) is 21.3. The summed E-state index contributed by atoms with van der Waals surface area (Å²) in [6.45, 7) is 14.3. The quantitative estimate of drug-likeness (QED) is 0.383. The van der Waals surface area contributed by atoms with Gasteiger partial charge in [0.25, 0.3) is 0 Å². The number of hydrogen-bond acceptors (Lipinski definition) is 3. The highest BCUT2D eigenvalue weighted by Crippen LogP contribution is 2.41. The lowest BCUT2D eigenvalue weighted by atomic mass is 9.70. The van der Waals surface area contributed by atoms with Gasteiger partial charge in [0.2, 0.25) is 0 Å². The number of para-hydroxylation sites is 1. The summed E-state index contributed by atoms with van der Waals surface area (Å²) in [6.07, 6.45) is -0.327. The van der Waals surface area contributed by atoms with E-state index in [1.807, 2.05) is 43.3 Å². The van der Waals surface area contributed by atoms with Crippen LogP contribution >= 0.6 is 0 Å². The van der Waals surface area contributed by atoms with Crippen molar-refractivity contribution in [3.05, 3.63) is 60.2 Å². The summed E-state index contributed by atoms with van der Waals surface area (Å²) in [5.74, 6) is 2.73.